The number of amides is 1. The molecule has 0 aliphatic heterocycles. The van der Waals surface area contributed by atoms with Gasteiger partial charge in [0.15, 0.2) is 0 Å². The van der Waals surface area contributed by atoms with E-state index in [-0.39, 0.29) is 24.5 Å². The van der Waals surface area contributed by atoms with E-state index in [0.717, 1.165) is 12.8 Å². The number of carbonyl (C=O) groups excluding carboxylic acids is 1. The summed E-state index contributed by atoms with van der Waals surface area (Å²) in [5.41, 5.74) is 5.45. The van der Waals surface area contributed by atoms with Crippen LogP contribution in [0.15, 0.2) is 0 Å². The molecule has 4 N–H and O–H groups in total. The minimum atomic E-state index is -0.616. The first-order valence-electron chi connectivity index (χ1n) is 4.77. The zero-order valence-electron chi connectivity index (χ0n) is 8.45. The molecule has 0 saturated heterocycles. The lowest BCUT2D eigenvalue weighted by molar-refractivity contribution is -0.123. The van der Waals surface area contributed by atoms with Gasteiger partial charge < -0.3 is 20.9 Å². The average Bonchev–Trinajstić information content (AvgIpc) is 2.95. The minimum absolute atomic E-state index is 0.0670. The second kappa shape index (κ2) is 4.72. The van der Waals surface area contributed by atoms with Crippen molar-refractivity contribution in [1.82, 2.24) is 5.32 Å². The zero-order valence-corrected chi connectivity index (χ0v) is 8.45. The lowest BCUT2D eigenvalue weighted by atomic mass is 10.1. The molecule has 0 aromatic heterocycles. The molecule has 82 valence electrons. The van der Waals surface area contributed by atoms with Gasteiger partial charge in [-0.3, -0.25) is 4.79 Å². The van der Waals surface area contributed by atoms with Crippen LogP contribution >= 0.6 is 0 Å². The summed E-state index contributed by atoms with van der Waals surface area (Å²) in [7, 11) is 1.50. The molecule has 1 fully saturated rings. The van der Waals surface area contributed by atoms with Crippen LogP contribution in [0.1, 0.15) is 12.8 Å². The number of methoxy groups -OCH3 is 1. The van der Waals surface area contributed by atoms with Gasteiger partial charge in [0, 0.05) is 19.1 Å². The van der Waals surface area contributed by atoms with Gasteiger partial charge in [0.05, 0.1) is 13.2 Å². The highest BCUT2D eigenvalue weighted by atomic mass is 16.5. The Morgan fingerprint density at radius 2 is 2.36 bits per heavy atom. The predicted octanol–water partition coefficient (Wildman–Crippen LogP) is -1.15. The third-order valence-corrected chi connectivity index (χ3v) is 2.61. The first-order valence-corrected chi connectivity index (χ1v) is 4.77. The van der Waals surface area contributed by atoms with Crippen LogP contribution in [0.2, 0.25) is 0 Å². The van der Waals surface area contributed by atoms with Crippen molar-refractivity contribution < 1.29 is 14.6 Å². The number of nitrogens with one attached hydrogen (secondary N) is 1. The molecule has 0 aromatic carbocycles. The quantitative estimate of drug-likeness (QED) is 0.507. The number of rotatable bonds is 6. The van der Waals surface area contributed by atoms with E-state index >= 15 is 0 Å². The normalized spacial score (nSPS) is 20.2. The van der Waals surface area contributed by atoms with E-state index in [9.17, 15) is 4.79 Å². The fourth-order valence-electron chi connectivity index (χ4n) is 1.23. The number of aliphatic hydroxyl groups excluding tert-OH is 1. The molecular weight excluding hydrogens is 184 g/mol. The van der Waals surface area contributed by atoms with Crippen LogP contribution in [0, 0.1) is 5.41 Å². The van der Waals surface area contributed by atoms with E-state index in [0.29, 0.717) is 6.54 Å². The maximum atomic E-state index is 11.3. The van der Waals surface area contributed by atoms with Crippen molar-refractivity contribution >= 4 is 5.91 Å². The van der Waals surface area contributed by atoms with Crippen LogP contribution in [-0.2, 0) is 9.53 Å². The van der Waals surface area contributed by atoms with Crippen molar-refractivity contribution in [1.29, 1.82) is 0 Å². The van der Waals surface area contributed by atoms with Crippen molar-refractivity contribution in [2.45, 2.75) is 18.9 Å². The Kier molecular flexibility index (Phi) is 3.86. The monoisotopic (exact) mass is 202 g/mol. The van der Waals surface area contributed by atoms with Gasteiger partial charge in [-0.2, -0.15) is 0 Å². The Labute approximate surface area is 83.6 Å². The molecule has 0 bridgehead atoms. The van der Waals surface area contributed by atoms with Gasteiger partial charge in [0.25, 0.3) is 0 Å². The summed E-state index contributed by atoms with van der Waals surface area (Å²) in [6, 6.07) is -0.616. The minimum Gasteiger partial charge on any atom is -0.396 e. The summed E-state index contributed by atoms with van der Waals surface area (Å²) in [6.45, 7) is 0.866. The Bertz CT molecular complexity index is 204. The van der Waals surface area contributed by atoms with Crippen molar-refractivity contribution in [3.8, 4) is 0 Å². The standard InChI is InChI=1S/C9H18N2O3/c1-14-4-7(10)8(13)11-5-9(6-12)2-3-9/h7,12H,2-6,10H2,1H3,(H,11,13). The molecule has 0 spiro atoms. The number of hydrogen-bond acceptors (Lipinski definition) is 4. The zero-order chi connectivity index (χ0) is 10.6. The van der Waals surface area contributed by atoms with Crippen LogP contribution in [0.25, 0.3) is 0 Å². The predicted molar refractivity (Wildman–Crippen MR) is 51.6 cm³/mol. The van der Waals surface area contributed by atoms with Crippen molar-refractivity contribution in [3.63, 3.8) is 0 Å². The Hall–Kier alpha value is -0.650. The molecule has 1 aliphatic carbocycles. The van der Waals surface area contributed by atoms with Gasteiger partial charge in [0.1, 0.15) is 6.04 Å². The van der Waals surface area contributed by atoms with Gasteiger partial charge in [-0.1, -0.05) is 0 Å². The van der Waals surface area contributed by atoms with Gasteiger partial charge in [0.2, 0.25) is 5.91 Å². The van der Waals surface area contributed by atoms with Crippen LogP contribution in [0.4, 0.5) is 0 Å². The summed E-state index contributed by atoms with van der Waals surface area (Å²) >= 11 is 0. The maximum absolute atomic E-state index is 11.3. The van der Waals surface area contributed by atoms with Crippen molar-refractivity contribution in [3.05, 3.63) is 0 Å². The van der Waals surface area contributed by atoms with Crippen LogP contribution in [0.3, 0.4) is 0 Å². The summed E-state index contributed by atoms with van der Waals surface area (Å²) in [5.74, 6) is -0.216. The number of ether oxygens (including phenoxy) is 1. The van der Waals surface area contributed by atoms with Crippen LogP contribution < -0.4 is 11.1 Å². The summed E-state index contributed by atoms with van der Waals surface area (Å²) in [5, 5.41) is 11.7. The third kappa shape index (κ3) is 2.94. The highest BCUT2D eigenvalue weighted by Crippen LogP contribution is 2.44. The van der Waals surface area contributed by atoms with E-state index in [1.54, 1.807) is 0 Å². The van der Waals surface area contributed by atoms with E-state index in [1.165, 1.54) is 7.11 Å². The summed E-state index contributed by atoms with van der Waals surface area (Å²) < 4.78 is 4.76. The highest BCUT2D eigenvalue weighted by Gasteiger charge is 2.42. The molecule has 14 heavy (non-hydrogen) atoms. The van der Waals surface area contributed by atoms with E-state index < -0.39 is 6.04 Å². The number of carbonyl (C=O) groups is 1. The van der Waals surface area contributed by atoms with Gasteiger partial charge in [-0.05, 0) is 12.8 Å². The molecule has 0 aromatic rings. The van der Waals surface area contributed by atoms with Gasteiger partial charge in [-0.25, -0.2) is 0 Å². The first kappa shape index (κ1) is 11.4. The largest absolute Gasteiger partial charge is 0.396 e. The molecule has 0 radical (unpaired) electrons. The van der Waals surface area contributed by atoms with E-state index in [2.05, 4.69) is 5.32 Å². The number of nitrogens with two attached hydrogens (primary N) is 1. The molecule has 5 nitrogen and oxygen atoms in total. The van der Waals surface area contributed by atoms with E-state index in [4.69, 9.17) is 15.6 Å². The number of hydrogen-bond donors (Lipinski definition) is 3. The van der Waals surface area contributed by atoms with E-state index in [1.807, 2.05) is 0 Å². The number of aliphatic hydroxyl groups is 1. The fourth-order valence-corrected chi connectivity index (χ4v) is 1.23. The van der Waals surface area contributed by atoms with Crippen molar-refractivity contribution in [2.24, 2.45) is 11.1 Å². The highest BCUT2D eigenvalue weighted by molar-refractivity contribution is 5.81. The molecule has 0 heterocycles. The second-order valence-corrected chi connectivity index (χ2v) is 3.94. The second-order valence-electron chi connectivity index (χ2n) is 3.94. The topological polar surface area (TPSA) is 84.6 Å². The molecule has 1 rings (SSSR count). The molecule has 1 atom stereocenters. The molecule has 1 amide bonds. The Morgan fingerprint density at radius 1 is 1.71 bits per heavy atom. The van der Waals surface area contributed by atoms with Crippen LogP contribution in [-0.4, -0.2) is 43.9 Å². The summed E-state index contributed by atoms with van der Waals surface area (Å²) in [4.78, 5) is 11.3. The molecule has 1 unspecified atom stereocenters. The summed E-state index contributed by atoms with van der Waals surface area (Å²) in [6.07, 6.45) is 1.95. The fraction of sp³-hybridized carbons (Fsp3) is 0.889. The van der Waals surface area contributed by atoms with Crippen LogP contribution in [0.5, 0.6) is 0 Å². The average molecular weight is 202 g/mol. The Balaban J connectivity index is 2.20. The third-order valence-electron chi connectivity index (χ3n) is 2.61. The first-order chi connectivity index (χ1) is 6.63. The smallest absolute Gasteiger partial charge is 0.239 e. The maximum Gasteiger partial charge on any atom is 0.239 e. The van der Waals surface area contributed by atoms with Gasteiger partial charge in [-0.15, -0.1) is 0 Å². The molecule has 1 saturated carbocycles. The van der Waals surface area contributed by atoms with Gasteiger partial charge >= 0.3 is 0 Å². The van der Waals surface area contributed by atoms with Crippen molar-refractivity contribution in [2.75, 3.05) is 26.9 Å². The lowest BCUT2D eigenvalue weighted by Gasteiger charge is -2.15. The molecule has 1 aliphatic rings. The molecule has 5 heteroatoms. The SMILES string of the molecule is COCC(N)C(=O)NCC1(CO)CC1. The lowest BCUT2D eigenvalue weighted by Crippen LogP contribution is -2.45. The molecular formula is C9H18N2O3. The Morgan fingerprint density at radius 3 is 2.79 bits per heavy atom.